The third-order valence-electron chi connectivity index (χ3n) is 3.84. The Kier molecular flexibility index (Phi) is 4.22. The first kappa shape index (κ1) is 15.7. The quantitative estimate of drug-likeness (QED) is 0.586. The van der Waals surface area contributed by atoms with Gasteiger partial charge in [0.2, 0.25) is 0 Å². The van der Waals surface area contributed by atoms with Crippen molar-refractivity contribution >= 4 is 34.0 Å². The lowest BCUT2D eigenvalue weighted by atomic mass is 10.2. The first-order valence-electron chi connectivity index (χ1n) is 8.08. The van der Waals surface area contributed by atoms with Crippen LogP contribution < -0.4 is 10.6 Å². The van der Waals surface area contributed by atoms with E-state index in [-0.39, 0.29) is 5.91 Å². The summed E-state index contributed by atoms with van der Waals surface area (Å²) in [5, 5.41) is 7.11. The second kappa shape index (κ2) is 6.98. The lowest BCUT2D eigenvalue weighted by Crippen LogP contribution is -2.12. The second-order valence-corrected chi connectivity index (χ2v) is 5.63. The van der Waals surface area contributed by atoms with Crippen LogP contribution in [0.1, 0.15) is 10.4 Å². The second-order valence-electron chi connectivity index (χ2n) is 5.63. The number of carbonyl (C=O) groups excluding carboxylic acids is 1. The van der Waals surface area contributed by atoms with Gasteiger partial charge in [-0.1, -0.05) is 18.2 Å². The summed E-state index contributed by atoms with van der Waals surface area (Å²) >= 11 is 0. The number of hydrogen-bond acceptors (Lipinski definition) is 5. The molecular weight excluding hydrogens is 326 g/mol. The lowest BCUT2D eigenvalue weighted by molar-refractivity contribution is 0.102. The van der Waals surface area contributed by atoms with Crippen molar-refractivity contribution in [1.82, 2.24) is 15.0 Å². The Morgan fingerprint density at radius 3 is 2.54 bits per heavy atom. The number of anilines is 3. The minimum absolute atomic E-state index is 0.223. The Bertz CT molecular complexity index is 1040. The van der Waals surface area contributed by atoms with Gasteiger partial charge in [0.25, 0.3) is 5.91 Å². The number of pyridine rings is 3. The monoisotopic (exact) mass is 341 g/mol. The van der Waals surface area contributed by atoms with Gasteiger partial charge in [0.1, 0.15) is 5.82 Å². The maximum absolute atomic E-state index is 12.1. The minimum atomic E-state index is -0.223. The van der Waals surface area contributed by atoms with Crippen molar-refractivity contribution in [3.63, 3.8) is 0 Å². The molecule has 3 aromatic heterocycles. The maximum Gasteiger partial charge on any atom is 0.257 e. The molecule has 4 aromatic rings. The van der Waals surface area contributed by atoms with Crippen LogP contribution in [0.15, 0.2) is 79.4 Å². The van der Waals surface area contributed by atoms with Crippen LogP contribution in [0.3, 0.4) is 0 Å². The highest BCUT2D eigenvalue weighted by atomic mass is 16.1. The summed E-state index contributed by atoms with van der Waals surface area (Å²) in [5.74, 6) is 0.446. The van der Waals surface area contributed by atoms with Gasteiger partial charge in [0, 0.05) is 24.0 Å². The number of fused-ring (bicyclic) bond motifs is 1. The maximum atomic E-state index is 12.1. The van der Waals surface area contributed by atoms with Gasteiger partial charge in [-0.05, 0) is 36.4 Å². The van der Waals surface area contributed by atoms with Crippen LogP contribution in [0.25, 0.3) is 10.9 Å². The van der Waals surface area contributed by atoms with Crippen LogP contribution >= 0.6 is 0 Å². The van der Waals surface area contributed by atoms with Crippen molar-refractivity contribution < 1.29 is 4.79 Å². The number of nitrogens with one attached hydrogen (secondary N) is 2. The average Bonchev–Trinajstić information content (AvgIpc) is 2.70. The molecule has 0 radical (unpaired) electrons. The molecule has 0 aliphatic heterocycles. The van der Waals surface area contributed by atoms with Crippen molar-refractivity contribution in [2.24, 2.45) is 0 Å². The topological polar surface area (TPSA) is 79.8 Å². The number of amides is 1. The van der Waals surface area contributed by atoms with Crippen molar-refractivity contribution in [1.29, 1.82) is 0 Å². The van der Waals surface area contributed by atoms with Gasteiger partial charge in [-0.15, -0.1) is 0 Å². The Morgan fingerprint density at radius 1 is 0.846 bits per heavy atom. The number of nitrogens with zero attached hydrogens (tertiary/aromatic N) is 3. The molecule has 4 rings (SSSR count). The molecule has 1 aromatic carbocycles. The van der Waals surface area contributed by atoms with Crippen LogP contribution in [-0.4, -0.2) is 20.9 Å². The van der Waals surface area contributed by atoms with Crippen LogP contribution in [0.4, 0.5) is 17.2 Å². The molecule has 0 atom stereocenters. The average molecular weight is 341 g/mol. The van der Waals surface area contributed by atoms with E-state index in [1.807, 2.05) is 30.3 Å². The Balaban J connectivity index is 1.50. The third kappa shape index (κ3) is 3.34. The number of benzene rings is 1. The Labute approximate surface area is 150 Å². The van der Waals surface area contributed by atoms with Crippen LogP contribution in [-0.2, 0) is 0 Å². The molecule has 0 bridgehead atoms. The predicted octanol–water partition coefficient (Wildman–Crippen LogP) is 4.02. The number of carbonyl (C=O) groups is 1. The number of hydrogen-bond donors (Lipinski definition) is 2. The van der Waals surface area contributed by atoms with E-state index in [1.165, 1.54) is 6.20 Å². The van der Waals surface area contributed by atoms with E-state index in [0.717, 1.165) is 16.6 Å². The molecule has 6 heteroatoms. The molecule has 1 amide bonds. The third-order valence-corrected chi connectivity index (χ3v) is 3.84. The summed E-state index contributed by atoms with van der Waals surface area (Å²) in [6, 6.07) is 16.9. The molecule has 2 N–H and O–H groups in total. The molecule has 0 unspecified atom stereocenters. The fourth-order valence-electron chi connectivity index (χ4n) is 2.59. The van der Waals surface area contributed by atoms with Gasteiger partial charge in [0.15, 0.2) is 0 Å². The van der Waals surface area contributed by atoms with E-state index in [2.05, 4.69) is 25.6 Å². The van der Waals surface area contributed by atoms with Gasteiger partial charge in [-0.3, -0.25) is 14.8 Å². The first-order chi connectivity index (χ1) is 12.8. The molecule has 0 aliphatic rings. The molecule has 26 heavy (non-hydrogen) atoms. The van der Waals surface area contributed by atoms with Crippen molar-refractivity contribution in [2.45, 2.75) is 0 Å². The molecule has 6 nitrogen and oxygen atoms in total. The summed E-state index contributed by atoms with van der Waals surface area (Å²) in [5.41, 5.74) is 2.87. The lowest BCUT2D eigenvalue weighted by Gasteiger charge is -2.09. The Morgan fingerprint density at radius 2 is 1.73 bits per heavy atom. The zero-order valence-corrected chi connectivity index (χ0v) is 13.8. The largest absolute Gasteiger partial charge is 0.338 e. The minimum Gasteiger partial charge on any atom is -0.338 e. The SMILES string of the molecule is O=C(Nc1ccc(Nc2cccc3cccnc23)nc1)c1cccnc1. The predicted molar refractivity (Wildman–Crippen MR) is 101 cm³/mol. The zero-order valence-electron chi connectivity index (χ0n) is 13.8. The Hall–Kier alpha value is -3.80. The molecule has 0 aliphatic carbocycles. The number of aromatic nitrogens is 3. The summed E-state index contributed by atoms with van der Waals surface area (Å²) in [4.78, 5) is 24.8. The summed E-state index contributed by atoms with van der Waals surface area (Å²) in [6.45, 7) is 0. The van der Waals surface area contributed by atoms with E-state index in [4.69, 9.17) is 0 Å². The van der Waals surface area contributed by atoms with Gasteiger partial charge in [0.05, 0.1) is 28.7 Å². The summed E-state index contributed by atoms with van der Waals surface area (Å²) < 4.78 is 0. The fourth-order valence-corrected chi connectivity index (χ4v) is 2.59. The molecule has 0 spiro atoms. The highest BCUT2D eigenvalue weighted by molar-refractivity contribution is 6.04. The van der Waals surface area contributed by atoms with Crippen LogP contribution in [0.5, 0.6) is 0 Å². The van der Waals surface area contributed by atoms with Gasteiger partial charge >= 0.3 is 0 Å². The fraction of sp³-hybridized carbons (Fsp3) is 0. The molecule has 126 valence electrons. The van der Waals surface area contributed by atoms with Gasteiger partial charge < -0.3 is 10.6 Å². The highest BCUT2D eigenvalue weighted by Gasteiger charge is 2.07. The van der Waals surface area contributed by atoms with Gasteiger partial charge in [-0.2, -0.15) is 0 Å². The molecule has 0 saturated carbocycles. The first-order valence-corrected chi connectivity index (χ1v) is 8.08. The smallest absolute Gasteiger partial charge is 0.257 e. The summed E-state index contributed by atoms with van der Waals surface area (Å²) in [7, 11) is 0. The number of para-hydroxylation sites is 1. The van der Waals surface area contributed by atoms with E-state index < -0.39 is 0 Å². The summed E-state index contributed by atoms with van der Waals surface area (Å²) in [6.07, 6.45) is 6.51. The van der Waals surface area contributed by atoms with E-state index in [1.54, 1.807) is 42.9 Å². The normalized spacial score (nSPS) is 10.5. The van der Waals surface area contributed by atoms with Crippen LogP contribution in [0.2, 0.25) is 0 Å². The zero-order chi connectivity index (χ0) is 17.8. The van der Waals surface area contributed by atoms with E-state index in [0.29, 0.717) is 17.1 Å². The van der Waals surface area contributed by atoms with Crippen molar-refractivity contribution in [3.8, 4) is 0 Å². The molecular formula is C20H15N5O. The molecule has 0 fully saturated rings. The van der Waals surface area contributed by atoms with Crippen molar-refractivity contribution in [3.05, 3.63) is 84.9 Å². The van der Waals surface area contributed by atoms with Crippen LogP contribution in [0, 0.1) is 0 Å². The highest BCUT2D eigenvalue weighted by Crippen LogP contribution is 2.24. The standard InChI is InChI=1S/C20H15N5O/c26-20(15-6-2-10-21-12-15)24-16-8-9-18(23-13-16)25-17-7-1-4-14-5-3-11-22-19(14)17/h1-13H,(H,23,25)(H,24,26). The van der Waals surface area contributed by atoms with E-state index in [9.17, 15) is 4.79 Å². The number of rotatable bonds is 4. The van der Waals surface area contributed by atoms with Crippen molar-refractivity contribution in [2.75, 3.05) is 10.6 Å². The molecule has 0 saturated heterocycles. The van der Waals surface area contributed by atoms with Gasteiger partial charge in [-0.25, -0.2) is 4.98 Å². The van der Waals surface area contributed by atoms with E-state index >= 15 is 0 Å². The molecule has 3 heterocycles.